The molecule has 32 heavy (non-hydrogen) atoms. The molecule has 0 aliphatic heterocycles. The number of rotatable bonds is 8. The Kier molecular flexibility index (Phi) is 7.07. The van der Waals surface area contributed by atoms with E-state index in [-0.39, 0.29) is 17.5 Å². The van der Waals surface area contributed by atoms with Crippen molar-refractivity contribution >= 4 is 34.5 Å². The molecule has 0 bridgehead atoms. The van der Waals surface area contributed by atoms with Crippen molar-refractivity contribution in [1.29, 1.82) is 0 Å². The molecule has 0 unspecified atom stereocenters. The maximum absolute atomic E-state index is 11.7. The summed E-state index contributed by atoms with van der Waals surface area (Å²) >= 11 is 0. The largest absolute Gasteiger partial charge is 0.495 e. The SMILES string of the molecule is COc1cnc(NS(C)(=O)=O)cc1CO[Si](c1ccccc1)(c1ccccc1)C(C)(C)C. The normalized spacial score (nSPS) is 12.4. The van der Waals surface area contributed by atoms with E-state index in [1.54, 1.807) is 13.2 Å². The second-order valence-corrected chi connectivity index (χ2v) is 14.8. The highest BCUT2D eigenvalue weighted by atomic mass is 32.2. The highest BCUT2D eigenvalue weighted by Crippen LogP contribution is 2.38. The molecule has 3 aromatic rings. The topological polar surface area (TPSA) is 77.5 Å². The number of pyridine rings is 1. The van der Waals surface area contributed by atoms with Gasteiger partial charge in [-0.15, -0.1) is 0 Å². The quantitative estimate of drug-likeness (QED) is 0.510. The zero-order valence-corrected chi connectivity index (χ0v) is 20.9. The Balaban J connectivity index is 2.10. The third-order valence-corrected chi connectivity index (χ3v) is 10.9. The van der Waals surface area contributed by atoms with Crippen molar-refractivity contribution in [2.75, 3.05) is 18.1 Å². The molecule has 0 aliphatic carbocycles. The molecular weight excluding hydrogens is 440 g/mol. The van der Waals surface area contributed by atoms with E-state index in [0.29, 0.717) is 5.75 Å². The lowest BCUT2D eigenvalue weighted by molar-refractivity contribution is 0.278. The summed E-state index contributed by atoms with van der Waals surface area (Å²) in [7, 11) is -4.64. The summed E-state index contributed by atoms with van der Waals surface area (Å²) in [5.41, 5.74) is 0.724. The van der Waals surface area contributed by atoms with Crippen LogP contribution in [0.1, 0.15) is 26.3 Å². The molecule has 0 radical (unpaired) electrons. The Morgan fingerprint density at radius 2 is 1.50 bits per heavy atom. The number of ether oxygens (including phenoxy) is 1. The average Bonchev–Trinajstić information content (AvgIpc) is 2.74. The van der Waals surface area contributed by atoms with Gasteiger partial charge in [-0.2, -0.15) is 0 Å². The lowest BCUT2D eigenvalue weighted by Crippen LogP contribution is -2.66. The molecule has 6 nitrogen and oxygen atoms in total. The van der Waals surface area contributed by atoms with Gasteiger partial charge in [0.2, 0.25) is 10.0 Å². The van der Waals surface area contributed by atoms with Crippen LogP contribution in [0.4, 0.5) is 5.82 Å². The van der Waals surface area contributed by atoms with Gasteiger partial charge in [0.25, 0.3) is 8.32 Å². The van der Waals surface area contributed by atoms with Crippen LogP contribution in [0.15, 0.2) is 72.9 Å². The van der Waals surface area contributed by atoms with Crippen molar-refractivity contribution in [3.05, 3.63) is 78.5 Å². The summed E-state index contributed by atoms with van der Waals surface area (Å²) in [5.74, 6) is 0.774. The van der Waals surface area contributed by atoms with Crippen LogP contribution in [0, 0.1) is 0 Å². The summed E-state index contributed by atoms with van der Waals surface area (Å²) in [6.07, 6.45) is 2.61. The number of nitrogens with one attached hydrogen (secondary N) is 1. The van der Waals surface area contributed by atoms with E-state index < -0.39 is 18.3 Å². The average molecular weight is 471 g/mol. The molecule has 8 heteroatoms. The lowest BCUT2D eigenvalue weighted by atomic mass is 10.2. The van der Waals surface area contributed by atoms with Gasteiger partial charge in [0, 0.05) is 5.56 Å². The Morgan fingerprint density at radius 1 is 0.969 bits per heavy atom. The van der Waals surface area contributed by atoms with Crippen LogP contribution < -0.4 is 19.8 Å². The minimum Gasteiger partial charge on any atom is -0.495 e. The van der Waals surface area contributed by atoms with E-state index in [1.807, 2.05) is 36.4 Å². The van der Waals surface area contributed by atoms with Gasteiger partial charge >= 0.3 is 0 Å². The van der Waals surface area contributed by atoms with E-state index in [0.717, 1.165) is 11.8 Å². The Morgan fingerprint density at radius 3 is 1.94 bits per heavy atom. The Labute approximate surface area is 191 Å². The molecule has 0 fully saturated rings. The van der Waals surface area contributed by atoms with E-state index in [4.69, 9.17) is 9.16 Å². The van der Waals surface area contributed by atoms with Crippen LogP contribution in [-0.2, 0) is 21.1 Å². The number of methoxy groups -OCH3 is 1. The second-order valence-electron chi connectivity index (χ2n) is 8.71. The fourth-order valence-corrected chi connectivity index (χ4v) is 8.99. The van der Waals surface area contributed by atoms with Crippen LogP contribution >= 0.6 is 0 Å². The van der Waals surface area contributed by atoms with Gasteiger partial charge in [0.1, 0.15) is 11.6 Å². The first kappa shape index (κ1) is 24.0. The molecule has 1 heterocycles. The van der Waals surface area contributed by atoms with Crippen molar-refractivity contribution in [1.82, 2.24) is 4.98 Å². The van der Waals surface area contributed by atoms with Crippen molar-refractivity contribution in [2.45, 2.75) is 32.4 Å². The van der Waals surface area contributed by atoms with Crippen molar-refractivity contribution < 1.29 is 17.6 Å². The number of benzene rings is 2. The van der Waals surface area contributed by atoms with Gasteiger partial charge in [-0.05, 0) is 21.5 Å². The fourth-order valence-electron chi connectivity index (χ4n) is 3.97. The van der Waals surface area contributed by atoms with E-state index >= 15 is 0 Å². The molecule has 2 aromatic carbocycles. The molecular formula is C24H30N2O4SSi. The van der Waals surface area contributed by atoms with Crippen LogP contribution in [0.5, 0.6) is 5.75 Å². The third-order valence-electron chi connectivity index (χ3n) is 5.32. The van der Waals surface area contributed by atoms with Gasteiger partial charge in [0.15, 0.2) is 0 Å². The number of nitrogens with zero attached hydrogens (tertiary/aromatic N) is 1. The number of anilines is 1. The molecule has 0 amide bonds. The summed E-state index contributed by atoms with van der Waals surface area (Å²) in [4.78, 5) is 4.15. The van der Waals surface area contributed by atoms with E-state index in [2.05, 4.69) is 54.7 Å². The molecule has 1 aromatic heterocycles. The zero-order valence-electron chi connectivity index (χ0n) is 19.1. The zero-order chi connectivity index (χ0) is 23.4. The predicted octanol–water partition coefficient (Wildman–Crippen LogP) is 3.54. The highest BCUT2D eigenvalue weighted by molar-refractivity contribution is 7.92. The van der Waals surface area contributed by atoms with Crippen molar-refractivity contribution in [3.8, 4) is 5.75 Å². The summed E-state index contributed by atoms with van der Waals surface area (Å²) in [6, 6.07) is 22.3. The summed E-state index contributed by atoms with van der Waals surface area (Å²) in [5, 5.41) is 2.16. The molecule has 0 saturated carbocycles. The van der Waals surface area contributed by atoms with Gasteiger partial charge in [0.05, 0.1) is 26.2 Å². The minimum absolute atomic E-state index is 0.177. The first-order chi connectivity index (χ1) is 15.1. The van der Waals surface area contributed by atoms with Crippen molar-refractivity contribution in [3.63, 3.8) is 0 Å². The monoisotopic (exact) mass is 470 g/mol. The smallest absolute Gasteiger partial charge is 0.261 e. The van der Waals surface area contributed by atoms with Gasteiger partial charge in [-0.3, -0.25) is 4.72 Å². The lowest BCUT2D eigenvalue weighted by Gasteiger charge is -2.43. The minimum atomic E-state index is -3.45. The van der Waals surface area contributed by atoms with E-state index in [1.165, 1.54) is 16.6 Å². The van der Waals surface area contributed by atoms with Crippen LogP contribution in [-0.4, -0.2) is 35.1 Å². The molecule has 0 atom stereocenters. The Bertz CT molecular complexity index is 1110. The van der Waals surface area contributed by atoms with Crippen LogP contribution in [0.25, 0.3) is 0 Å². The van der Waals surface area contributed by atoms with Gasteiger partial charge < -0.3 is 9.16 Å². The molecule has 3 rings (SSSR count). The standard InChI is InChI=1S/C24H30N2O4SSi/c1-24(2,3)32(20-12-8-6-9-13-20,21-14-10-7-11-15-21)30-18-19-16-23(26-31(5,27)28)25-17-22(19)29-4/h6-17H,18H2,1-5H3,(H,25,26). The van der Waals surface area contributed by atoms with Gasteiger partial charge in [-0.1, -0.05) is 81.4 Å². The maximum Gasteiger partial charge on any atom is 0.261 e. The van der Waals surface area contributed by atoms with Crippen LogP contribution in [0.3, 0.4) is 0 Å². The second kappa shape index (κ2) is 9.44. The van der Waals surface area contributed by atoms with Crippen molar-refractivity contribution in [2.24, 2.45) is 0 Å². The van der Waals surface area contributed by atoms with E-state index in [9.17, 15) is 8.42 Å². The third kappa shape index (κ3) is 5.20. The summed E-state index contributed by atoms with van der Waals surface area (Å²) < 4.78 is 38.2. The first-order valence-electron chi connectivity index (χ1n) is 10.3. The first-order valence-corrected chi connectivity index (χ1v) is 14.1. The Hall–Kier alpha value is -2.68. The maximum atomic E-state index is 11.7. The van der Waals surface area contributed by atoms with Crippen LogP contribution in [0.2, 0.25) is 5.04 Å². The molecule has 0 saturated heterocycles. The number of aromatic nitrogens is 1. The molecule has 170 valence electrons. The number of hydrogen-bond acceptors (Lipinski definition) is 5. The molecule has 0 spiro atoms. The molecule has 1 N–H and O–H groups in total. The number of hydrogen-bond donors (Lipinski definition) is 1. The summed E-state index contributed by atoms with van der Waals surface area (Å²) in [6.45, 7) is 6.87. The fraction of sp³-hybridized carbons (Fsp3) is 0.292. The molecule has 0 aliphatic rings. The highest BCUT2D eigenvalue weighted by Gasteiger charge is 2.50. The van der Waals surface area contributed by atoms with Gasteiger partial charge in [-0.25, -0.2) is 13.4 Å². The number of sulfonamides is 1. The predicted molar refractivity (Wildman–Crippen MR) is 132 cm³/mol.